The van der Waals surface area contributed by atoms with Crippen molar-refractivity contribution in [3.8, 4) is 11.3 Å². The number of Topliss-reactive ketones (excluding diaryl/α,β-unsaturated/α-hetero) is 1. The molecule has 5 atom stereocenters. The maximum atomic E-state index is 13.8. The Morgan fingerprint density at radius 3 is 2.19 bits per heavy atom. The largest absolute Gasteiger partial charge is 0.450 e. The van der Waals surface area contributed by atoms with Crippen molar-refractivity contribution < 1.29 is 28.3 Å². The minimum absolute atomic E-state index is 0.0468. The van der Waals surface area contributed by atoms with Gasteiger partial charge in [-0.05, 0) is 73.9 Å². The number of anilines is 1. The van der Waals surface area contributed by atoms with E-state index in [-0.39, 0.29) is 56.7 Å². The minimum Gasteiger partial charge on any atom is -0.450 e. The molecule has 47 heavy (non-hydrogen) atoms. The molecule has 4 aromatic rings. The number of ether oxygens (including phenoxy) is 1. The fraction of sp³-hybridized carbons (Fsp3) is 0.286. The van der Waals surface area contributed by atoms with Crippen molar-refractivity contribution >= 4 is 95.2 Å². The molecule has 1 saturated heterocycles. The number of imide groups is 1. The van der Waals surface area contributed by atoms with E-state index in [0.29, 0.717) is 51.3 Å². The van der Waals surface area contributed by atoms with E-state index in [1.807, 2.05) is 0 Å². The molecule has 0 radical (unpaired) electrons. The molecular formula is C35H27Br2Cl2FN2O5. The Balaban J connectivity index is 1.33. The normalized spacial score (nSPS) is 21.5. The summed E-state index contributed by atoms with van der Waals surface area (Å²) >= 11 is 19.6. The predicted molar refractivity (Wildman–Crippen MR) is 186 cm³/mol. The van der Waals surface area contributed by atoms with Crippen molar-refractivity contribution in [2.45, 2.75) is 41.9 Å². The van der Waals surface area contributed by atoms with Gasteiger partial charge < -0.3 is 4.74 Å². The first-order valence-corrected chi connectivity index (χ1v) is 17.7. The minimum atomic E-state index is -1.20. The molecule has 5 unspecified atom stereocenters. The van der Waals surface area contributed by atoms with Crippen LogP contribution in [0.4, 0.5) is 10.1 Å². The molecule has 0 bridgehead atoms. The molecule has 0 N–H and O–H groups in total. The number of halogens is 5. The highest BCUT2D eigenvalue weighted by molar-refractivity contribution is 9.12. The van der Waals surface area contributed by atoms with Crippen LogP contribution in [0.1, 0.15) is 45.5 Å². The predicted octanol–water partition coefficient (Wildman–Crippen LogP) is 8.47. The highest BCUT2D eigenvalue weighted by atomic mass is 79.9. The Hall–Kier alpha value is -3.18. The number of nitrogens with zero attached hydrogens (tertiary/aromatic N) is 2. The Morgan fingerprint density at radius 2 is 1.60 bits per heavy atom. The molecule has 2 heterocycles. The summed E-state index contributed by atoms with van der Waals surface area (Å²) in [4.78, 5) is 59.9. The van der Waals surface area contributed by atoms with E-state index in [9.17, 15) is 23.6 Å². The van der Waals surface area contributed by atoms with Crippen LogP contribution in [0.5, 0.6) is 0 Å². The van der Waals surface area contributed by atoms with Crippen LogP contribution in [0.3, 0.4) is 0 Å². The number of carbonyl (C=O) groups excluding carboxylic acids is 4. The van der Waals surface area contributed by atoms with Gasteiger partial charge in [0.05, 0.1) is 34.3 Å². The summed E-state index contributed by atoms with van der Waals surface area (Å²) in [5.74, 6) is -2.89. The van der Waals surface area contributed by atoms with Gasteiger partial charge in [0, 0.05) is 43.5 Å². The van der Waals surface area contributed by atoms with Crippen molar-refractivity contribution in [2.75, 3.05) is 10.8 Å². The smallest absolute Gasteiger partial charge is 0.339 e. The lowest BCUT2D eigenvalue weighted by molar-refractivity contribution is -0.122. The number of aryl methyl sites for hydroxylation is 1. The number of aromatic nitrogens is 1. The fourth-order valence-corrected chi connectivity index (χ4v) is 7.77. The Morgan fingerprint density at radius 1 is 0.979 bits per heavy atom. The zero-order valence-electron chi connectivity index (χ0n) is 24.9. The lowest BCUT2D eigenvalue weighted by atomic mass is 9.81. The van der Waals surface area contributed by atoms with Crippen molar-refractivity contribution in [3.63, 3.8) is 0 Å². The lowest BCUT2D eigenvalue weighted by Gasteiger charge is -2.29. The molecule has 1 aliphatic heterocycles. The third-order valence-electron chi connectivity index (χ3n) is 8.76. The lowest BCUT2D eigenvalue weighted by Crippen LogP contribution is -2.34. The van der Waals surface area contributed by atoms with Gasteiger partial charge in [0.25, 0.3) is 0 Å². The van der Waals surface area contributed by atoms with E-state index in [1.54, 1.807) is 49.4 Å². The van der Waals surface area contributed by atoms with Crippen molar-refractivity contribution in [3.05, 3.63) is 94.3 Å². The van der Waals surface area contributed by atoms with Gasteiger partial charge in [-0.15, -0.1) is 11.6 Å². The van der Waals surface area contributed by atoms with E-state index >= 15 is 0 Å². The topological polar surface area (TPSA) is 93.6 Å². The summed E-state index contributed by atoms with van der Waals surface area (Å²) in [6.45, 7) is 1.78. The zero-order valence-corrected chi connectivity index (χ0v) is 29.6. The number of amides is 2. The highest BCUT2D eigenvalue weighted by Crippen LogP contribution is 2.44. The molecule has 1 saturated carbocycles. The van der Waals surface area contributed by atoms with Crippen molar-refractivity contribution in [1.82, 2.24) is 4.98 Å². The highest BCUT2D eigenvalue weighted by Gasteiger charge is 2.52. The SMILES string of the molecule is Cc1c(Cl)ccc2c(C(=O)OC(CCCl)C(=O)c3ccc(F)cc3)cc(-c3ccc(N4C(=O)C5CC(Br)C(Br)CC5C4=O)cc3)nc12. The van der Waals surface area contributed by atoms with Crippen LogP contribution in [0.25, 0.3) is 22.2 Å². The van der Waals surface area contributed by atoms with Crippen LogP contribution in [0.15, 0.2) is 66.7 Å². The van der Waals surface area contributed by atoms with Crippen LogP contribution >= 0.6 is 55.1 Å². The number of hydrogen-bond donors (Lipinski definition) is 0. The van der Waals surface area contributed by atoms with E-state index < -0.39 is 23.7 Å². The summed E-state index contributed by atoms with van der Waals surface area (Å²) in [6, 6.07) is 16.7. The molecule has 7 nitrogen and oxygen atoms in total. The number of pyridine rings is 1. The molecule has 3 aromatic carbocycles. The van der Waals surface area contributed by atoms with Gasteiger partial charge in [0.15, 0.2) is 6.10 Å². The molecule has 1 aliphatic carbocycles. The summed E-state index contributed by atoms with van der Waals surface area (Å²) in [7, 11) is 0. The van der Waals surface area contributed by atoms with Gasteiger partial charge in [-0.2, -0.15) is 0 Å². The molecule has 6 rings (SSSR count). The molecule has 1 aromatic heterocycles. The Kier molecular flexibility index (Phi) is 9.86. The molecule has 242 valence electrons. The van der Waals surface area contributed by atoms with E-state index in [4.69, 9.17) is 32.9 Å². The third-order valence-corrected chi connectivity index (χ3v) is 12.1. The zero-order chi connectivity index (χ0) is 33.6. The van der Waals surface area contributed by atoms with Crippen molar-refractivity contribution in [1.29, 1.82) is 0 Å². The molecule has 2 aliphatic rings. The number of fused-ring (bicyclic) bond motifs is 2. The van der Waals surface area contributed by atoms with Gasteiger partial charge in [0.2, 0.25) is 17.6 Å². The van der Waals surface area contributed by atoms with Gasteiger partial charge in [-0.1, -0.05) is 61.7 Å². The first-order valence-electron chi connectivity index (χ1n) is 14.9. The fourth-order valence-electron chi connectivity index (χ4n) is 6.19. The maximum Gasteiger partial charge on any atom is 0.339 e. The second-order valence-corrected chi connectivity index (χ2v) is 14.8. The van der Waals surface area contributed by atoms with Gasteiger partial charge in [-0.25, -0.2) is 14.2 Å². The number of carbonyl (C=O) groups is 4. The molecule has 2 fully saturated rings. The summed E-state index contributed by atoms with van der Waals surface area (Å²) in [6.07, 6.45) is -0.0110. The first kappa shape index (κ1) is 33.7. The maximum absolute atomic E-state index is 13.8. The Labute approximate surface area is 297 Å². The number of alkyl halides is 3. The van der Waals surface area contributed by atoms with E-state index in [1.165, 1.54) is 17.0 Å². The van der Waals surface area contributed by atoms with Crippen LogP contribution in [-0.4, -0.2) is 50.2 Å². The molecule has 12 heteroatoms. The van der Waals surface area contributed by atoms with E-state index in [2.05, 4.69) is 31.9 Å². The Bertz CT molecular complexity index is 1880. The average molecular weight is 805 g/mol. The summed E-state index contributed by atoms with van der Waals surface area (Å²) in [5, 5.41) is 0.925. The number of esters is 1. The monoisotopic (exact) mass is 802 g/mol. The molecule has 2 amide bonds. The quantitative estimate of drug-likeness (QED) is 0.0769. The van der Waals surface area contributed by atoms with Crippen LogP contribution in [0, 0.1) is 24.6 Å². The molecular weight excluding hydrogens is 778 g/mol. The van der Waals surface area contributed by atoms with Gasteiger partial charge in [0.1, 0.15) is 5.82 Å². The van der Waals surface area contributed by atoms with Crippen LogP contribution < -0.4 is 4.90 Å². The third kappa shape index (κ3) is 6.49. The summed E-state index contributed by atoms with van der Waals surface area (Å²) in [5.41, 5.74) is 2.93. The second-order valence-electron chi connectivity index (χ2n) is 11.6. The first-order chi connectivity index (χ1) is 22.5. The van der Waals surface area contributed by atoms with Gasteiger partial charge in [-0.3, -0.25) is 19.3 Å². The van der Waals surface area contributed by atoms with Crippen molar-refractivity contribution in [2.24, 2.45) is 11.8 Å². The van der Waals surface area contributed by atoms with Gasteiger partial charge >= 0.3 is 5.97 Å². The standard InChI is InChI=1S/C35H27Br2Cl2FN2O5/c1-17-28(39)11-10-22-25(35(46)47-30(12-13-38)32(43)19-2-6-20(40)7-3-19)16-29(41-31(17)22)18-4-8-21(9-5-18)42-33(44)23-14-26(36)27(37)15-24(23)34(42)45/h2-11,16,23-24,26-27,30H,12-15H2,1H3. The summed E-state index contributed by atoms with van der Waals surface area (Å²) < 4.78 is 19.2. The number of rotatable bonds is 8. The average Bonchev–Trinajstić information content (AvgIpc) is 3.30. The van der Waals surface area contributed by atoms with Crippen LogP contribution in [0.2, 0.25) is 5.02 Å². The number of hydrogen-bond acceptors (Lipinski definition) is 6. The number of benzene rings is 3. The number of ketones is 1. The van der Waals surface area contributed by atoms with Crippen LogP contribution in [-0.2, 0) is 14.3 Å². The second kappa shape index (κ2) is 13.7. The van der Waals surface area contributed by atoms with E-state index in [0.717, 1.165) is 12.1 Å². The molecule has 0 spiro atoms.